The molecule has 7 heteroatoms. The molecule has 0 rings (SSSR count). The molecule has 0 aliphatic carbocycles. The van der Waals surface area contributed by atoms with Gasteiger partial charge in [0.2, 0.25) is 0 Å². The number of phosphoric acid groups is 1. The average molecular weight is 483 g/mol. The predicted molar refractivity (Wildman–Crippen MR) is 135 cm³/mol. The molecule has 188 valence electrons. The number of unbranched alkanes of at least 4 members (excludes halogenated alkanes) is 12. The lowest BCUT2D eigenvalue weighted by atomic mass is 10.1. The van der Waals surface area contributed by atoms with Crippen molar-refractivity contribution in [2.45, 2.75) is 135 Å². The summed E-state index contributed by atoms with van der Waals surface area (Å²) in [5.74, 6) is 1.20. The molecule has 5 nitrogen and oxygen atoms in total. The Morgan fingerprint density at radius 3 is 1.81 bits per heavy atom. The van der Waals surface area contributed by atoms with Crippen LogP contribution >= 0.6 is 19.6 Å². The second-order valence-electron chi connectivity index (χ2n) is 8.69. The summed E-state index contributed by atoms with van der Waals surface area (Å²) < 4.78 is 21.2. The van der Waals surface area contributed by atoms with Crippen LogP contribution in [0.4, 0.5) is 0 Å². The van der Waals surface area contributed by atoms with Crippen molar-refractivity contribution in [3.8, 4) is 0 Å². The van der Waals surface area contributed by atoms with Gasteiger partial charge in [0.1, 0.15) is 0 Å². The molecule has 2 unspecified atom stereocenters. The number of phosphoric ester groups is 1. The second kappa shape index (κ2) is 22.2. The molecular formula is C24H51O5PS. The molecule has 0 radical (unpaired) electrons. The Bertz CT molecular complexity index is 419. The van der Waals surface area contributed by atoms with Crippen molar-refractivity contribution in [2.24, 2.45) is 0 Å². The molecule has 0 aromatic rings. The van der Waals surface area contributed by atoms with Gasteiger partial charge >= 0.3 is 7.82 Å². The summed E-state index contributed by atoms with van der Waals surface area (Å²) >= 11 is 2.06. The van der Waals surface area contributed by atoms with Gasteiger partial charge in [0.15, 0.2) is 0 Å². The molecule has 0 aliphatic heterocycles. The second-order valence-corrected chi connectivity index (χ2v) is 11.3. The molecule has 2 atom stereocenters. The molecule has 0 saturated heterocycles. The summed E-state index contributed by atoms with van der Waals surface area (Å²) in [7, 11) is -4.37. The first-order valence-electron chi connectivity index (χ1n) is 12.8. The predicted octanol–water partition coefficient (Wildman–Crippen LogP) is 7.88. The molecule has 2 N–H and O–H groups in total. The van der Waals surface area contributed by atoms with Gasteiger partial charge in [0.05, 0.1) is 12.7 Å². The normalized spacial score (nSPS) is 14.1. The Balaban J connectivity index is 4.03. The van der Waals surface area contributed by atoms with Crippen molar-refractivity contribution >= 4 is 19.6 Å². The molecule has 0 aromatic heterocycles. The maximum absolute atomic E-state index is 10.7. The molecule has 0 heterocycles. The molecule has 0 fully saturated rings. The largest absolute Gasteiger partial charge is 0.469 e. The Morgan fingerprint density at radius 1 is 0.742 bits per heavy atom. The zero-order chi connectivity index (χ0) is 23.2. The highest BCUT2D eigenvalue weighted by Gasteiger charge is 2.18. The Hall–Kier alpha value is 0.420. The van der Waals surface area contributed by atoms with Crippen LogP contribution in [0, 0.1) is 0 Å². The van der Waals surface area contributed by atoms with E-state index in [9.17, 15) is 4.57 Å². The summed E-state index contributed by atoms with van der Waals surface area (Å²) in [6.07, 6.45) is 20.6. The van der Waals surface area contributed by atoms with E-state index in [0.717, 1.165) is 0 Å². The van der Waals surface area contributed by atoms with Gasteiger partial charge in [-0.1, -0.05) is 97.3 Å². The minimum Gasteiger partial charge on any atom is -0.377 e. The third-order valence-corrected chi connectivity index (χ3v) is 7.71. The quantitative estimate of drug-likeness (QED) is 0.108. The van der Waals surface area contributed by atoms with Crippen molar-refractivity contribution in [3.63, 3.8) is 0 Å². The molecule has 0 spiro atoms. The smallest absolute Gasteiger partial charge is 0.377 e. The van der Waals surface area contributed by atoms with Crippen LogP contribution in [0.25, 0.3) is 0 Å². The van der Waals surface area contributed by atoms with Crippen LogP contribution < -0.4 is 0 Å². The fourth-order valence-electron chi connectivity index (χ4n) is 3.67. The first kappa shape index (κ1) is 31.4. The lowest BCUT2D eigenvalue weighted by Crippen LogP contribution is -2.24. The van der Waals surface area contributed by atoms with Crippen LogP contribution in [0.1, 0.15) is 124 Å². The van der Waals surface area contributed by atoms with E-state index < -0.39 is 7.82 Å². The van der Waals surface area contributed by atoms with Crippen LogP contribution in [-0.2, 0) is 13.8 Å². The lowest BCUT2D eigenvalue weighted by Gasteiger charge is -2.24. The van der Waals surface area contributed by atoms with E-state index in [4.69, 9.17) is 14.5 Å². The van der Waals surface area contributed by atoms with Gasteiger partial charge in [-0.15, -0.1) is 0 Å². The lowest BCUT2D eigenvalue weighted by molar-refractivity contribution is 0.0521. The fraction of sp³-hybridized carbons (Fsp3) is 1.00. The number of hydrogen-bond donors (Lipinski definition) is 2. The topological polar surface area (TPSA) is 76.0 Å². The zero-order valence-electron chi connectivity index (χ0n) is 20.6. The van der Waals surface area contributed by atoms with E-state index in [2.05, 4.69) is 37.1 Å². The van der Waals surface area contributed by atoms with Crippen molar-refractivity contribution in [2.75, 3.05) is 19.0 Å². The van der Waals surface area contributed by atoms with Crippen LogP contribution in [0.5, 0.6) is 0 Å². The first-order chi connectivity index (χ1) is 14.9. The van der Waals surface area contributed by atoms with E-state index in [0.29, 0.717) is 18.3 Å². The summed E-state index contributed by atoms with van der Waals surface area (Å²) in [6.45, 7) is 7.17. The fourth-order valence-corrected chi connectivity index (χ4v) is 5.39. The van der Waals surface area contributed by atoms with Gasteiger partial charge in [0, 0.05) is 11.9 Å². The first-order valence-corrected chi connectivity index (χ1v) is 15.4. The van der Waals surface area contributed by atoms with Crippen molar-refractivity contribution in [1.82, 2.24) is 0 Å². The van der Waals surface area contributed by atoms with Gasteiger partial charge in [0.25, 0.3) is 0 Å². The highest BCUT2D eigenvalue weighted by atomic mass is 32.2. The van der Waals surface area contributed by atoms with Gasteiger partial charge in [-0.25, -0.2) is 4.57 Å². The Morgan fingerprint density at radius 2 is 1.26 bits per heavy atom. The monoisotopic (exact) mass is 482 g/mol. The SMILES string of the molecule is CCCCCCCCCCCSC(CCCCCCC)C(C)OCCCOP(=O)(O)O. The summed E-state index contributed by atoms with van der Waals surface area (Å²) in [4.78, 5) is 17.5. The zero-order valence-corrected chi connectivity index (χ0v) is 22.3. The van der Waals surface area contributed by atoms with Crippen LogP contribution in [0.3, 0.4) is 0 Å². The molecule has 0 aliphatic rings. The molecule has 0 bridgehead atoms. The maximum atomic E-state index is 10.7. The number of ether oxygens (including phenoxy) is 1. The third-order valence-electron chi connectivity index (χ3n) is 5.62. The van der Waals surface area contributed by atoms with Gasteiger partial charge in [-0.05, 0) is 31.9 Å². The number of thioether (sulfide) groups is 1. The maximum Gasteiger partial charge on any atom is 0.469 e. The van der Waals surface area contributed by atoms with Crippen LogP contribution in [-0.4, -0.2) is 40.1 Å². The third kappa shape index (κ3) is 23.4. The molecule has 0 amide bonds. The summed E-state index contributed by atoms with van der Waals surface area (Å²) in [5.41, 5.74) is 0. The van der Waals surface area contributed by atoms with Gasteiger partial charge in [-0.3, -0.25) is 4.52 Å². The summed E-state index contributed by atoms with van der Waals surface area (Å²) in [5, 5.41) is 0.498. The van der Waals surface area contributed by atoms with E-state index in [1.54, 1.807) is 0 Å². The minimum absolute atomic E-state index is 0.0320. The van der Waals surface area contributed by atoms with Crippen molar-refractivity contribution in [1.29, 1.82) is 0 Å². The van der Waals surface area contributed by atoms with Crippen molar-refractivity contribution < 1.29 is 23.6 Å². The van der Waals surface area contributed by atoms with Crippen LogP contribution in [0.2, 0.25) is 0 Å². The van der Waals surface area contributed by atoms with E-state index in [1.807, 2.05) is 0 Å². The molecule has 0 aromatic carbocycles. The summed E-state index contributed by atoms with van der Waals surface area (Å²) in [6, 6.07) is 0. The van der Waals surface area contributed by atoms with E-state index >= 15 is 0 Å². The molecule has 0 saturated carbocycles. The number of rotatable bonds is 24. The Labute approximate surface area is 197 Å². The highest BCUT2D eigenvalue weighted by molar-refractivity contribution is 7.99. The Kier molecular flexibility index (Phi) is 22.5. The highest BCUT2D eigenvalue weighted by Crippen LogP contribution is 2.35. The van der Waals surface area contributed by atoms with E-state index in [1.165, 1.54) is 102 Å². The molecular weight excluding hydrogens is 431 g/mol. The van der Waals surface area contributed by atoms with Crippen LogP contribution in [0.15, 0.2) is 0 Å². The number of hydrogen-bond acceptors (Lipinski definition) is 4. The van der Waals surface area contributed by atoms with E-state index in [-0.39, 0.29) is 12.7 Å². The molecule has 31 heavy (non-hydrogen) atoms. The minimum atomic E-state index is -4.37. The van der Waals surface area contributed by atoms with Crippen molar-refractivity contribution in [3.05, 3.63) is 0 Å². The van der Waals surface area contributed by atoms with Gasteiger partial charge < -0.3 is 14.5 Å². The van der Waals surface area contributed by atoms with Gasteiger partial charge in [-0.2, -0.15) is 11.8 Å². The standard InChI is InChI=1S/C24H51O5PS/c1-4-6-8-10-11-12-13-15-17-22-31-24(19-16-14-9-7-5-2)23(3)28-20-18-21-29-30(25,26)27/h23-24H,4-22H2,1-3H3,(H2,25,26,27). The average Bonchev–Trinajstić information content (AvgIpc) is 2.72.